The second-order valence-electron chi connectivity index (χ2n) is 11.9. The Hall–Kier alpha value is -5.80. The van der Waals surface area contributed by atoms with Crippen LogP contribution in [-0.4, -0.2) is 9.97 Å². The average molecular weight is 577 g/mol. The molecule has 2 aromatic heterocycles. The Morgan fingerprint density at radius 1 is 0.489 bits per heavy atom. The zero-order chi connectivity index (χ0) is 30.0. The van der Waals surface area contributed by atoms with E-state index in [1.165, 1.54) is 27.8 Å². The molecule has 0 N–H and O–H groups in total. The number of fused-ring (bicyclic) bond motifs is 6. The highest BCUT2D eigenvalue weighted by atomic mass is 16.3. The van der Waals surface area contributed by atoms with Gasteiger partial charge in [0.25, 0.3) is 0 Å². The van der Waals surface area contributed by atoms with Crippen LogP contribution >= 0.6 is 0 Å². The van der Waals surface area contributed by atoms with E-state index in [0.717, 1.165) is 50.0 Å². The molecule has 0 aliphatic heterocycles. The minimum Gasteiger partial charge on any atom is -0.455 e. The second kappa shape index (κ2) is 9.87. The van der Waals surface area contributed by atoms with Crippen molar-refractivity contribution in [2.24, 2.45) is 0 Å². The monoisotopic (exact) mass is 576 g/mol. The van der Waals surface area contributed by atoms with Gasteiger partial charge in [-0.3, -0.25) is 0 Å². The molecule has 45 heavy (non-hydrogen) atoms. The van der Waals surface area contributed by atoms with E-state index in [0.29, 0.717) is 5.82 Å². The molecule has 8 aromatic rings. The molecule has 0 bridgehead atoms. The summed E-state index contributed by atoms with van der Waals surface area (Å²) >= 11 is 0. The van der Waals surface area contributed by atoms with Crippen LogP contribution in [0.2, 0.25) is 0 Å². The van der Waals surface area contributed by atoms with Gasteiger partial charge in [0, 0.05) is 32.9 Å². The van der Waals surface area contributed by atoms with E-state index in [-0.39, 0.29) is 5.41 Å². The first-order chi connectivity index (χ1) is 22.2. The Morgan fingerprint density at radius 2 is 1.16 bits per heavy atom. The first-order valence-corrected chi connectivity index (χ1v) is 15.3. The molecule has 2 heterocycles. The van der Waals surface area contributed by atoms with E-state index in [4.69, 9.17) is 14.4 Å². The first-order valence-electron chi connectivity index (χ1n) is 15.3. The Labute approximate surface area is 261 Å². The van der Waals surface area contributed by atoms with Crippen molar-refractivity contribution in [2.45, 2.75) is 12.3 Å². The summed E-state index contributed by atoms with van der Waals surface area (Å²) in [6.07, 6.45) is 0. The van der Waals surface area contributed by atoms with E-state index >= 15 is 0 Å². The largest absolute Gasteiger partial charge is 0.455 e. The summed E-state index contributed by atoms with van der Waals surface area (Å²) in [5.74, 6) is 0.686. The number of para-hydroxylation sites is 2. The topological polar surface area (TPSA) is 38.9 Å². The summed E-state index contributed by atoms with van der Waals surface area (Å²) in [6, 6.07) is 53.2. The van der Waals surface area contributed by atoms with Crippen molar-refractivity contribution < 1.29 is 4.42 Å². The molecule has 1 aliphatic rings. The molecule has 1 aliphatic carbocycles. The van der Waals surface area contributed by atoms with Gasteiger partial charge in [-0.25, -0.2) is 9.97 Å². The Kier molecular flexibility index (Phi) is 5.63. The van der Waals surface area contributed by atoms with Gasteiger partial charge in [-0.1, -0.05) is 127 Å². The highest BCUT2D eigenvalue weighted by Crippen LogP contribution is 2.53. The zero-order valence-corrected chi connectivity index (χ0v) is 24.7. The molecule has 3 nitrogen and oxygen atoms in total. The normalized spacial score (nSPS) is 15.3. The molecule has 0 spiro atoms. The highest BCUT2D eigenvalue weighted by Gasteiger charge is 2.40. The van der Waals surface area contributed by atoms with Gasteiger partial charge in [0.05, 0.1) is 11.4 Å². The van der Waals surface area contributed by atoms with Gasteiger partial charge in [0.1, 0.15) is 11.2 Å². The maximum absolute atomic E-state index is 6.43. The minimum atomic E-state index is -0.241. The Morgan fingerprint density at radius 3 is 2.02 bits per heavy atom. The van der Waals surface area contributed by atoms with E-state index in [9.17, 15) is 0 Å². The number of furan rings is 1. The van der Waals surface area contributed by atoms with E-state index in [1.54, 1.807) is 0 Å². The quantitative estimate of drug-likeness (QED) is 0.209. The van der Waals surface area contributed by atoms with Crippen LogP contribution in [0.15, 0.2) is 156 Å². The van der Waals surface area contributed by atoms with Gasteiger partial charge in [-0.15, -0.1) is 0 Å². The van der Waals surface area contributed by atoms with Crippen LogP contribution in [0.5, 0.6) is 0 Å². The van der Waals surface area contributed by atoms with Crippen molar-refractivity contribution in [1.29, 1.82) is 0 Å². The minimum absolute atomic E-state index is 0.241. The molecule has 0 saturated heterocycles. The lowest BCUT2D eigenvalue weighted by Gasteiger charge is -2.28. The summed E-state index contributed by atoms with van der Waals surface area (Å²) in [7, 11) is 0. The van der Waals surface area contributed by atoms with E-state index < -0.39 is 0 Å². The number of nitrogens with zero attached hydrogens (tertiary/aromatic N) is 2. The Bertz CT molecular complexity index is 2390. The number of hydrogen-bond donors (Lipinski definition) is 0. The lowest BCUT2D eigenvalue weighted by atomic mass is 9.74. The standard InChI is InChI=1S/C42H28N2O/c1-42(29-15-6-3-7-16-29)35-21-10-8-17-30(35)34-25-28(23-24-36(34)42)37-26-38(44-41(43-37)27-13-4-2-5-14-27)33-20-12-19-32-31-18-9-11-22-39(31)45-40(32)33/h2-26H,1H3. The molecule has 212 valence electrons. The molecule has 1 unspecified atom stereocenters. The van der Waals surface area contributed by atoms with Gasteiger partial charge < -0.3 is 4.42 Å². The molecule has 0 radical (unpaired) electrons. The van der Waals surface area contributed by atoms with Crippen LogP contribution in [0, 0.1) is 0 Å². The molecule has 3 heteroatoms. The first kappa shape index (κ1) is 25.7. The summed E-state index contributed by atoms with van der Waals surface area (Å²) in [6.45, 7) is 2.34. The van der Waals surface area contributed by atoms with Crippen molar-refractivity contribution in [3.8, 4) is 45.0 Å². The maximum atomic E-state index is 6.43. The molecule has 0 fully saturated rings. The number of aromatic nitrogens is 2. The summed E-state index contributed by atoms with van der Waals surface area (Å²) < 4.78 is 6.43. The maximum Gasteiger partial charge on any atom is 0.160 e. The van der Waals surface area contributed by atoms with Crippen LogP contribution in [-0.2, 0) is 5.41 Å². The molecule has 1 atom stereocenters. The fourth-order valence-corrected chi connectivity index (χ4v) is 7.14. The number of benzene rings is 6. The summed E-state index contributed by atoms with van der Waals surface area (Å²) in [5, 5.41) is 2.18. The summed E-state index contributed by atoms with van der Waals surface area (Å²) in [4.78, 5) is 10.3. The van der Waals surface area contributed by atoms with Crippen molar-refractivity contribution >= 4 is 21.9 Å². The molecule has 0 amide bonds. The molecular weight excluding hydrogens is 548 g/mol. The van der Waals surface area contributed by atoms with Gasteiger partial charge in [0.15, 0.2) is 5.82 Å². The van der Waals surface area contributed by atoms with Crippen molar-refractivity contribution in [3.63, 3.8) is 0 Å². The van der Waals surface area contributed by atoms with Crippen LogP contribution in [0.4, 0.5) is 0 Å². The summed E-state index contributed by atoms with van der Waals surface area (Å²) in [5.41, 5.74) is 12.6. The zero-order valence-electron chi connectivity index (χ0n) is 24.7. The third kappa shape index (κ3) is 3.91. The van der Waals surface area contributed by atoms with Crippen molar-refractivity contribution in [1.82, 2.24) is 9.97 Å². The lowest BCUT2D eigenvalue weighted by Crippen LogP contribution is -2.22. The SMILES string of the molecule is CC1(c2ccccc2)c2ccccc2-c2cc(-c3cc(-c4cccc5c4oc4ccccc45)nc(-c4ccccc4)n3)ccc21. The fourth-order valence-electron chi connectivity index (χ4n) is 7.14. The number of hydrogen-bond acceptors (Lipinski definition) is 3. The molecular formula is C42H28N2O. The third-order valence-electron chi connectivity index (χ3n) is 9.40. The predicted molar refractivity (Wildman–Crippen MR) is 183 cm³/mol. The van der Waals surface area contributed by atoms with Crippen LogP contribution in [0.1, 0.15) is 23.6 Å². The molecule has 6 aromatic carbocycles. The van der Waals surface area contributed by atoms with Gasteiger partial charge in [-0.2, -0.15) is 0 Å². The highest BCUT2D eigenvalue weighted by molar-refractivity contribution is 6.09. The van der Waals surface area contributed by atoms with Crippen LogP contribution in [0.25, 0.3) is 67.0 Å². The van der Waals surface area contributed by atoms with Crippen molar-refractivity contribution in [3.05, 3.63) is 168 Å². The van der Waals surface area contributed by atoms with Gasteiger partial charge in [0.2, 0.25) is 0 Å². The predicted octanol–water partition coefficient (Wildman–Crippen LogP) is 10.7. The fraction of sp³-hybridized carbons (Fsp3) is 0.0476. The van der Waals surface area contributed by atoms with Crippen LogP contribution in [0.3, 0.4) is 0 Å². The second-order valence-corrected chi connectivity index (χ2v) is 11.9. The Balaban J connectivity index is 1.27. The lowest BCUT2D eigenvalue weighted by molar-refractivity contribution is 0.670. The molecule has 9 rings (SSSR count). The molecule has 0 saturated carbocycles. The van der Waals surface area contributed by atoms with Crippen molar-refractivity contribution in [2.75, 3.05) is 0 Å². The smallest absolute Gasteiger partial charge is 0.160 e. The third-order valence-corrected chi connectivity index (χ3v) is 9.40. The van der Waals surface area contributed by atoms with E-state index in [1.807, 2.05) is 30.3 Å². The van der Waals surface area contributed by atoms with Gasteiger partial charge >= 0.3 is 0 Å². The van der Waals surface area contributed by atoms with Gasteiger partial charge in [-0.05, 0) is 59.0 Å². The van der Waals surface area contributed by atoms with E-state index in [2.05, 4.69) is 128 Å². The van der Waals surface area contributed by atoms with Crippen LogP contribution < -0.4 is 0 Å². The average Bonchev–Trinajstić information content (AvgIpc) is 3.62. The number of rotatable bonds is 4.